The van der Waals surface area contributed by atoms with Crippen LogP contribution in [-0.4, -0.2) is 18.5 Å². The van der Waals surface area contributed by atoms with Crippen LogP contribution in [0, 0.1) is 9.39 Å². The van der Waals surface area contributed by atoms with Crippen molar-refractivity contribution in [1.82, 2.24) is 5.32 Å². The fraction of sp³-hybridized carbons (Fsp3) is 0.417. The Balaban J connectivity index is 2.10. The largest absolute Gasteiger partial charge is 0.373 e. The molecule has 1 amide bonds. The number of carbonyl (C=O) groups excluding carboxylic acids is 1. The minimum absolute atomic E-state index is 0.0302. The first-order valence-corrected chi connectivity index (χ1v) is 6.74. The molecule has 1 aromatic rings. The van der Waals surface area contributed by atoms with Crippen LogP contribution in [0.5, 0.6) is 0 Å². The summed E-state index contributed by atoms with van der Waals surface area (Å²) in [6.07, 6.45) is 2.86. The van der Waals surface area contributed by atoms with E-state index in [0.717, 1.165) is 35.1 Å². The molecule has 0 spiro atoms. The summed E-state index contributed by atoms with van der Waals surface area (Å²) in [5, 5.41) is 6.05. The lowest BCUT2D eigenvalue weighted by Crippen LogP contribution is -2.38. The van der Waals surface area contributed by atoms with E-state index in [1.807, 2.05) is 0 Å². The first-order chi connectivity index (χ1) is 8.16. The predicted molar refractivity (Wildman–Crippen MR) is 73.4 cm³/mol. The van der Waals surface area contributed by atoms with Gasteiger partial charge in [0.15, 0.2) is 0 Å². The number of anilines is 1. The van der Waals surface area contributed by atoms with Crippen molar-refractivity contribution in [2.75, 3.05) is 11.9 Å². The number of hydrogen-bond acceptors (Lipinski definition) is 2. The smallest absolute Gasteiger partial charge is 0.242 e. The van der Waals surface area contributed by atoms with Gasteiger partial charge in [-0.1, -0.05) is 0 Å². The van der Waals surface area contributed by atoms with Crippen molar-refractivity contribution in [3.8, 4) is 0 Å². The molecule has 1 atom stereocenters. The zero-order valence-electron chi connectivity index (χ0n) is 9.30. The SMILES string of the molecule is O=C1NCCCCC1Nc1ccc(F)cc1I. The molecule has 2 rings (SSSR count). The highest BCUT2D eigenvalue weighted by Crippen LogP contribution is 2.21. The maximum Gasteiger partial charge on any atom is 0.242 e. The number of hydrogen-bond donors (Lipinski definition) is 2. The minimum Gasteiger partial charge on any atom is -0.373 e. The van der Waals surface area contributed by atoms with Crippen molar-refractivity contribution in [3.63, 3.8) is 0 Å². The molecule has 2 N–H and O–H groups in total. The Morgan fingerprint density at radius 1 is 1.41 bits per heavy atom. The summed E-state index contributed by atoms with van der Waals surface area (Å²) in [6.45, 7) is 0.748. The Kier molecular flexibility index (Phi) is 4.20. The van der Waals surface area contributed by atoms with Crippen molar-refractivity contribution in [1.29, 1.82) is 0 Å². The van der Waals surface area contributed by atoms with Crippen LogP contribution in [0.15, 0.2) is 18.2 Å². The average molecular weight is 348 g/mol. The summed E-state index contributed by atoms with van der Waals surface area (Å²) >= 11 is 2.06. The molecule has 1 heterocycles. The zero-order valence-corrected chi connectivity index (χ0v) is 11.5. The van der Waals surface area contributed by atoms with Gasteiger partial charge < -0.3 is 10.6 Å². The molecular weight excluding hydrogens is 334 g/mol. The quantitative estimate of drug-likeness (QED) is 0.807. The number of benzene rings is 1. The van der Waals surface area contributed by atoms with E-state index in [2.05, 4.69) is 33.2 Å². The highest BCUT2D eigenvalue weighted by atomic mass is 127. The molecule has 1 saturated heterocycles. The molecule has 1 aliphatic rings. The van der Waals surface area contributed by atoms with Gasteiger partial charge in [0.05, 0.1) is 0 Å². The van der Waals surface area contributed by atoms with Gasteiger partial charge in [-0.3, -0.25) is 4.79 Å². The van der Waals surface area contributed by atoms with E-state index in [9.17, 15) is 9.18 Å². The fourth-order valence-corrected chi connectivity index (χ4v) is 2.50. The topological polar surface area (TPSA) is 41.1 Å². The van der Waals surface area contributed by atoms with Crippen molar-refractivity contribution >= 4 is 34.2 Å². The molecule has 0 aromatic heterocycles. The summed E-state index contributed by atoms with van der Waals surface area (Å²) in [5.41, 5.74) is 0.814. The molecule has 1 fully saturated rings. The van der Waals surface area contributed by atoms with Crippen molar-refractivity contribution in [2.24, 2.45) is 0 Å². The zero-order chi connectivity index (χ0) is 12.3. The normalized spacial score (nSPS) is 20.6. The summed E-state index contributed by atoms with van der Waals surface area (Å²) < 4.78 is 13.7. The van der Waals surface area contributed by atoms with Crippen LogP contribution in [-0.2, 0) is 4.79 Å². The van der Waals surface area contributed by atoms with Gasteiger partial charge in [-0.15, -0.1) is 0 Å². The van der Waals surface area contributed by atoms with Gasteiger partial charge in [-0.05, 0) is 60.1 Å². The number of rotatable bonds is 2. The second-order valence-electron chi connectivity index (χ2n) is 4.11. The molecule has 3 nitrogen and oxygen atoms in total. The van der Waals surface area contributed by atoms with Gasteiger partial charge in [-0.25, -0.2) is 4.39 Å². The second kappa shape index (κ2) is 5.66. The molecule has 92 valence electrons. The third kappa shape index (κ3) is 3.31. The highest BCUT2D eigenvalue weighted by Gasteiger charge is 2.20. The molecular formula is C12H14FIN2O. The van der Waals surface area contributed by atoms with Crippen LogP contribution in [0.4, 0.5) is 10.1 Å². The standard InChI is InChI=1S/C12H14FIN2O/c13-8-4-5-10(9(14)7-8)16-11-3-1-2-6-15-12(11)17/h4-5,7,11,16H,1-3,6H2,(H,15,17). The monoisotopic (exact) mass is 348 g/mol. The van der Waals surface area contributed by atoms with Crippen LogP contribution in [0.3, 0.4) is 0 Å². The third-order valence-corrected chi connectivity index (χ3v) is 3.69. The average Bonchev–Trinajstić information content (AvgIpc) is 2.48. The third-order valence-electron chi connectivity index (χ3n) is 2.80. The van der Waals surface area contributed by atoms with Crippen LogP contribution in [0.1, 0.15) is 19.3 Å². The van der Waals surface area contributed by atoms with Crippen molar-refractivity contribution in [3.05, 3.63) is 27.6 Å². The maximum atomic E-state index is 13.0. The summed E-state index contributed by atoms with van der Waals surface area (Å²) in [6, 6.07) is 4.32. The van der Waals surface area contributed by atoms with Crippen LogP contribution in [0.25, 0.3) is 0 Å². The lowest BCUT2D eigenvalue weighted by atomic mass is 10.1. The first-order valence-electron chi connectivity index (χ1n) is 5.66. The number of carbonyl (C=O) groups is 1. The van der Waals surface area contributed by atoms with E-state index in [1.165, 1.54) is 12.1 Å². The van der Waals surface area contributed by atoms with E-state index in [0.29, 0.717) is 0 Å². The van der Waals surface area contributed by atoms with E-state index in [-0.39, 0.29) is 17.8 Å². The van der Waals surface area contributed by atoms with Gasteiger partial charge in [0.25, 0.3) is 0 Å². The maximum absolute atomic E-state index is 13.0. The van der Waals surface area contributed by atoms with Crippen LogP contribution < -0.4 is 10.6 Å². The Labute approximate surface area is 113 Å². The molecule has 1 aliphatic heterocycles. The van der Waals surface area contributed by atoms with Crippen molar-refractivity contribution in [2.45, 2.75) is 25.3 Å². The van der Waals surface area contributed by atoms with Gasteiger partial charge in [-0.2, -0.15) is 0 Å². The molecule has 5 heteroatoms. The van der Waals surface area contributed by atoms with Gasteiger partial charge in [0.1, 0.15) is 11.9 Å². The summed E-state index contributed by atoms with van der Waals surface area (Å²) in [4.78, 5) is 11.7. The Bertz CT molecular complexity index is 425. The lowest BCUT2D eigenvalue weighted by Gasteiger charge is -2.17. The molecule has 0 bridgehead atoms. The minimum atomic E-state index is -0.259. The molecule has 0 aliphatic carbocycles. The van der Waals surface area contributed by atoms with E-state index in [4.69, 9.17) is 0 Å². The van der Waals surface area contributed by atoms with Gasteiger partial charge >= 0.3 is 0 Å². The van der Waals surface area contributed by atoms with Crippen LogP contribution in [0.2, 0.25) is 0 Å². The van der Waals surface area contributed by atoms with E-state index >= 15 is 0 Å². The Hall–Kier alpha value is -0.850. The fourth-order valence-electron chi connectivity index (χ4n) is 1.87. The molecule has 1 aromatic carbocycles. The van der Waals surface area contributed by atoms with Gasteiger partial charge in [0.2, 0.25) is 5.91 Å². The summed E-state index contributed by atoms with van der Waals surface area (Å²) in [7, 11) is 0. The predicted octanol–water partition coefficient (Wildman–Crippen LogP) is 2.51. The lowest BCUT2D eigenvalue weighted by molar-refractivity contribution is -0.121. The highest BCUT2D eigenvalue weighted by molar-refractivity contribution is 14.1. The van der Waals surface area contributed by atoms with Crippen molar-refractivity contribution < 1.29 is 9.18 Å². The van der Waals surface area contributed by atoms with Crippen LogP contribution >= 0.6 is 22.6 Å². The first kappa shape index (κ1) is 12.6. The molecule has 0 saturated carbocycles. The number of halogens is 2. The second-order valence-corrected chi connectivity index (χ2v) is 5.27. The van der Waals surface area contributed by atoms with Gasteiger partial charge in [0, 0.05) is 15.8 Å². The summed E-state index contributed by atoms with van der Waals surface area (Å²) in [5.74, 6) is -0.229. The van der Waals surface area contributed by atoms with E-state index in [1.54, 1.807) is 6.07 Å². The molecule has 1 unspecified atom stereocenters. The number of amides is 1. The Morgan fingerprint density at radius 2 is 2.24 bits per heavy atom. The Morgan fingerprint density at radius 3 is 3.00 bits per heavy atom. The number of nitrogens with one attached hydrogen (secondary N) is 2. The van der Waals surface area contributed by atoms with E-state index < -0.39 is 0 Å². The molecule has 17 heavy (non-hydrogen) atoms. The molecule has 0 radical (unpaired) electrons.